The number of aromatic nitrogens is 2. The summed E-state index contributed by atoms with van der Waals surface area (Å²) in [6.07, 6.45) is -0.235. The largest absolute Gasteiger partial charge is 0.481 e. The highest BCUT2D eigenvalue weighted by Crippen LogP contribution is 2.28. The number of benzene rings is 2. The number of para-hydroxylation sites is 1. The van der Waals surface area contributed by atoms with Gasteiger partial charge in [0, 0.05) is 5.02 Å². The fourth-order valence-electron chi connectivity index (χ4n) is 1.98. The van der Waals surface area contributed by atoms with Crippen LogP contribution < -0.4 is 4.74 Å². The van der Waals surface area contributed by atoms with Crippen LogP contribution in [-0.4, -0.2) is 9.97 Å². The van der Waals surface area contributed by atoms with E-state index in [-0.39, 0.29) is 6.10 Å². The molecule has 0 spiro atoms. The Hall–Kier alpha value is -1.71. The molecule has 5 heteroatoms. The highest BCUT2D eigenvalue weighted by atomic mass is 35.5. The molecule has 0 aliphatic carbocycles. The number of H-pyrrole nitrogens is 1. The van der Waals surface area contributed by atoms with Gasteiger partial charge in [-0.25, -0.2) is 4.98 Å². The second-order valence-corrected chi connectivity index (χ2v) is 5.32. The Morgan fingerprint density at radius 1 is 1.15 bits per heavy atom. The van der Waals surface area contributed by atoms with Gasteiger partial charge in [-0.3, -0.25) is 0 Å². The molecule has 0 saturated carbocycles. The molecule has 0 saturated heterocycles. The van der Waals surface area contributed by atoms with Crippen molar-refractivity contribution in [3.8, 4) is 5.75 Å². The van der Waals surface area contributed by atoms with Gasteiger partial charge in [0.15, 0.2) is 6.10 Å². The van der Waals surface area contributed by atoms with E-state index in [0.29, 0.717) is 15.8 Å². The van der Waals surface area contributed by atoms with Crippen molar-refractivity contribution in [1.82, 2.24) is 9.97 Å². The van der Waals surface area contributed by atoms with Crippen LogP contribution in [0.4, 0.5) is 0 Å². The van der Waals surface area contributed by atoms with Gasteiger partial charge >= 0.3 is 0 Å². The molecule has 0 fully saturated rings. The van der Waals surface area contributed by atoms with E-state index in [1.807, 2.05) is 43.3 Å². The van der Waals surface area contributed by atoms with Crippen LogP contribution in [0.5, 0.6) is 5.75 Å². The molecule has 2 aromatic carbocycles. The lowest BCUT2D eigenvalue weighted by atomic mass is 10.3. The Bertz CT molecular complexity index is 754. The van der Waals surface area contributed by atoms with Crippen molar-refractivity contribution in [2.45, 2.75) is 13.0 Å². The molecule has 3 aromatic rings. The fraction of sp³-hybridized carbons (Fsp3) is 0.133. The third-order valence-corrected chi connectivity index (χ3v) is 3.54. The molecular formula is C15H12Cl2N2O. The second kappa shape index (κ2) is 5.35. The summed E-state index contributed by atoms with van der Waals surface area (Å²) in [5.41, 5.74) is 1.75. The molecule has 3 nitrogen and oxygen atoms in total. The van der Waals surface area contributed by atoms with Gasteiger partial charge in [-0.1, -0.05) is 35.3 Å². The molecule has 3 rings (SSSR count). The summed E-state index contributed by atoms with van der Waals surface area (Å²) in [5, 5.41) is 1.26. The molecule has 102 valence electrons. The molecule has 1 heterocycles. The van der Waals surface area contributed by atoms with E-state index in [1.165, 1.54) is 0 Å². The van der Waals surface area contributed by atoms with Crippen molar-refractivity contribution in [2.24, 2.45) is 0 Å². The van der Waals surface area contributed by atoms with Gasteiger partial charge < -0.3 is 9.72 Å². The van der Waals surface area contributed by atoms with Gasteiger partial charge in [-0.15, -0.1) is 0 Å². The smallest absolute Gasteiger partial charge is 0.153 e. The molecule has 0 radical (unpaired) electrons. The lowest BCUT2D eigenvalue weighted by Gasteiger charge is -2.13. The number of aromatic amines is 1. The number of hydrogen-bond donors (Lipinski definition) is 1. The average molecular weight is 307 g/mol. The van der Waals surface area contributed by atoms with E-state index in [1.54, 1.807) is 6.07 Å². The van der Waals surface area contributed by atoms with Crippen molar-refractivity contribution >= 4 is 34.2 Å². The van der Waals surface area contributed by atoms with Crippen LogP contribution >= 0.6 is 23.2 Å². The minimum Gasteiger partial charge on any atom is -0.481 e. The first-order chi connectivity index (χ1) is 9.63. The van der Waals surface area contributed by atoms with Gasteiger partial charge in [0.1, 0.15) is 11.6 Å². The monoisotopic (exact) mass is 306 g/mol. The number of rotatable bonds is 3. The van der Waals surface area contributed by atoms with Crippen LogP contribution in [-0.2, 0) is 0 Å². The van der Waals surface area contributed by atoms with E-state index in [9.17, 15) is 0 Å². The first kappa shape index (κ1) is 13.3. The number of nitrogens with zero attached hydrogens (tertiary/aromatic N) is 1. The standard InChI is InChI=1S/C15H12Cl2N2O/c1-9(20-14-5-3-2-4-11(14)17)15-18-12-7-6-10(16)8-13(12)19-15/h2-9H,1H3,(H,18,19)/t9-/m0/s1. The maximum atomic E-state index is 6.08. The molecule has 20 heavy (non-hydrogen) atoms. The van der Waals surface area contributed by atoms with Crippen molar-refractivity contribution in [3.63, 3.8) is 0 Å². The summed E-state index contributed by atoms with van der Waals surface area (Å²) < 4.78 is 5.83. The summed E-state index contributed by atoms with van der Waals surface area (Å²) in [6, 6.07) is 12.9. The lowest BCUT2D eigenvalue weighted by Crippen LogP contribution is -2.05. The number of halogens is 2. The first-order valence-corrected chi connectivity index (χ1v) is 6.95. The Morgan fingerprint density at radius 2 is 1.95 bits per heavy atom. The SMILES string of the molecule is C[C@H](Oc1ccccc1Cl)c1nc2ccc(Cl)cc2[nH]1. The van der Waals surface area contributed by atoms with Crippen molar-refractivity contribution in [3.05, 3.63) is 58.3 Å². The third-order valence-electron chi connectivity index (χ3n) is 2.99. The number of nitrogens with one attached hydrogen (secondary N) is 1. The minimum absolute atomic E-state index is 0.235. The first-order valence-electron chi connectivity index (χ1n) is 6.20. The maximum absolute atomic E-state index is 6.08. The predicted molar refractivity (Wildman–Crippen MR) is 81.6 cm³/mol. The summed E-state index contributed by atoms with van der Waals surface area (Å²) in [4.78, 5) is 7.71. The third kappa shape index (κ3) is 2.60. The van der Waals surface area contributed by atoms with Crippen LogP contribution in [0.15, 0.2) is 42.5 Å². The average Bonchev–Trinajstić information content (AvgIpc) is 2.84. The topological polar surface area (TPSA) is 37.9 Å². The van der Waals surface area contributed by atoms with Gasteiger partial charge in [0.25, 0.3) is 0 Å². The quantitative estimate of drug-likeness (QED) is 0.738. The lowest BCUT2D eigenvalue weighted by molar-refractivity contribution is 0.218. The summed E-state index contributed by atoms with van der Waals surface area (Å²) >= 11 is 12.0. The molecule has 1 N–H and O–H groups in total. The van der Waals surface area contributed by atoms with Crippen LogP contribution in [0.1, 0.15) is 18.9 Å². The zero-order valence-corrected chi connectivity index (χ0v) is 12.2. The highest BCUT2D eigenvalue weighted by molar-refractivity contribution is 6.32. The summed E-state index contributed by atoms with van der Waals surface area (Å²) in [5.74, 6) is 1.38. The maximum Gasteiger partial charge on any atom is 0.153 e. The zero-order chi connectivity index (χ0) is 14.1. The predicted octanol–water partition coefficient (Wildman–Crippen LogP) is 5.01. The Morgan fingerprint density at radius 3 is 2.75 bits per heavy atom. The van der Waals surface area contributed by atoms with Gasteiger partial charge in [-0.2, -0.15) is 0 Å². The molecule has 1 atom stereocenters. The Labute approximate surface area is 126 Å². The Balaban J connectivity index is 1.89. The van der Waals surface area contributed by atoms with Crippen LogP contribution in [0, 0.1) is 0 Å². The van der Waals surface area contributed by atoms with Crippen LogP contribution in [0.3, 0.4) is 0 Å². The fourth-order valence-corrected chi connectivity index (χ4v) is 2.33. The van der Waals surface area contributed by atoms with Gasteiger partial charge in [-0.05, 0) is 37.3 Å². The molecule has 0 aliphatic rings. The molecule has 0 amide bonds. The van der Waals surface area contributed by atoms with E-state index in [0.717, 1.165) is 16.9 Å². The van der Waals surface area contributed by atoms with Gasteiger partial charge in [0.2, 0.25) is 0 Å². The van der Waals surface area contributed by atoms with Crippen LogP contribution in [0.25, 0.3) is 11.0 Å². The molecule has 0 aliphatic heterocycles. The number of fused-ring (bicyclic) bond motifs is 1. The normalized spacial score (nSPS) is 12.6. The highest BCUT2D eigenvalue weighted by Gasteiger charge is 2.14. The number of imidazole rings is 1. The minimum atomic E-state index is -0.235. The summed E-state index contributed by atoms with van der Waals surface area (Å²) in [7, 11) is 0. The van der Waals surface area contributed by atoms with Gasteiger partial charge in [0.05, 0.1) is 16.1 Å². The second-order valence-electron chi connectivity index (χ2n) is 4.47. The Kier molecular flexibility index (Phi) is 3.55. The molecule has 0 unspecified atom stereocenters. The van der Waals surface area contributed by atoms with E-state index >= 15 is 0 Å². The zero-order valence-electron chi connectivity index (χ0n) is 10.7. The van der Waals surface area contributed by atoms with E-state index in [4.69, 9.17) is 27.9 Å². The van der Waals surface area contributed by atoms with Crippen molar-refractivity contribution in [2.75, 3.05) is 0 Å². The van der Waals surface area contributed by atoms with E-state index < -0.39 is 0 Å². The van der Waals surface area contributed by atoms with Crippen LogP contribution in [0.2, 0.25) is 10.0 Å². The molecule has 1 aromatic heterocycles. The molecular weight excluding hydrogens is 295 g/mol. The van der Waals surface area contributed by atoms with E-state index in [2.05, 4.69) is 9.97 Å². The van der Waals surface area contributed by atoms with Crippen molar-refractivity contribution < 1.29 is 4.74 Å². The number of ether oxygens (including phenoxy) is 1. The van der Waals surface area contributed by atoms with Crippen molar-refractivity contribution in [1.29, 1.82) is 0 Å². The summed E-state index contributed by atoms with van der Waals surface area (Å²) in [6.45, 7) is 1.92. The number of hydrogen-bond acceptors (Lipinski definition) is 2. The molecule has 0 bridgehead atoms.